The van der Waals surface area contributed by atoms with Crippen LogP contribution in [0.2, 0.25) is 5.02 Å². The molecule has 6 heteroatoms. The lowest BCUT2D eigenvalue weighted by Gasteiger charge is -2.16. The van der Waals surface area contributed by atoms with Gasteiger partial charge in [-0.2, -0.15) is 0 Å². The van der Waals surface area contributed by atoms with Crippen LogP contribution >= 0.6 is 11.6 Å². The molecular formula is C26H22ClFN2O2. The number of nitrogens with zero attached hydrogens (tertiary/aromatic N) is 1. The number of anilines is 2. The van der Waals surface area contributed by atoms with E-state index in [9.17, 15) is 14.0 Å². The molecule has 4 rings (SSSR count). The average Bonchev–Trinajstić information content (AvgIpc) is 2.97. The number of halogens is 2. The fourth-order valence-electron chi connectivity index (χ4n) is 3.85. The first-order valence-corrected chi connectivity index (χ1v) is 10.5. The van der Waals surface area contributed by atoms with Crippen LogP contribution in [-0.2, 0) is 9.59 Å². The van der Waals surface area contributed by atoms with Crippen molar-refractivity contribution in [2.75, 3.05) is 10.2 Å². The molecule has 1 heterocycles. The fourth-order valence-corrected chi connectivity index (χ4v) is 4.03. The van der Waals surface area contributed by atoms with E-state index in [1.807, 2.05) is 64.1 Å². The Balaban J connectivity index is 1.89. The lowest BCUT2D eigenvalue weighted by Crippen LogP contribution is -2.32. The van der Waals surface area contributed by atoms with E-state index in [0.717, 1.165) is 38.9 Å². The van der Waals surface area contributed by atoms with Crippen molar-refractivity contribution in [2.24, 2.45) is 0 Å². The van der Waals surface area contributed by atoms with Crippen molar-refractivity contribution in [1.29, 1.82) is 0 Å². The maximum absolute atomic E-state index is 13.7. The smallest absolute Gasteiger partial charge is 0.282 e. The molecule has 0 fully saturated rings. The highest BCUT2D eigenvalue weighted by Gasteiger charge is 2.41. The molecule has 1 aliphatic heterocycles. The molecule has 0 unspecified atom stereocenters. The molecule has 0 bridgehead atoms. The molecule has 0 aromatic heterocycles. The van der Waals surface area contributed by atoms with E-state index >= 15 is 0 Å². The van der Waals surface area contributed by atoms with Crippen molar-refractivity contribution in [2.45, 2.75) is 27.7 Å². The lowest BCUT2D eigenvalue weighted by molar-refractivity contribution is -0.120. The summed E-state index contributed by atoms with van der Waals surface area (Å²) in [6.45, 7) is 7.76. The summed E-state index contributed by atoms with van der Waals surface area (Å²) in [6.07, 6.45) is 0. The quantitative estimate of drug-likeness (QED) is 0.490. The van der Waals surface area contributed by atoms with Gasteiger partial charge in [0.25, 0.3) is 11.8 Å². The first-order valence-electron chi connectivity index (χ1n) is 10.2. The van der Waals surface area contributed by atoms with Gasteiger partial charge in [-0.1, -0.05) is 47.5 Å². The summed E-state index contributed by atoms with van der Waals surface area (Å²) in [7, 11) is 0. The number of hydrogen-bond acceptors (Lipinski definition) is 3. The average molecular weight is 449 g/mol. The molecule has 1 aliphatic rings. The highest BCUT2D eigenvalue weighted by molar-refractivity contribution is 6.46. The van der Waals surface area contributed by atoms with E-state index in [-0.39, 0.29) is 22.0 Å². The molecule has 0 saturated carbocycles. The van der Waals surface area contributed by atoms with Crippen molar-refractivity contribution in [1.82, 2.24) is 0 Å². The molecule has 3 aromatic rings. The first kappa shape index (κ1) is 21.8. The van der Waals surface area contributed by atoms with Gasteiger partial charge in [0, 0.05) is 5.69 Å². The van der Waals surface area contributed by atoms with Gasteiger partial charge in [-0.05, 0) is 74.2 Å². The second kappa shape index (κ2) is 8.24. The summed E-state index contributed by atoms with van der Waals surface area (Å²) >= 11 is 5.93. The molecule has 0 atom stereocenters. The summed E-state index contributed by atoms with van der Waals surface area (Å²) in [4.78, 5) is 28.1. The van der Waals surface area contributed by atoms with Gasteiger partial charge >= 0.3 is 0 Å². The predicted molar refractivity (Wildman–Crippen MR) is 126 cm³/mol. The third kappa shape index (κ3) is 3.80. The molecule has 2 amide bonds. The predicted octanol–water partition coefficient (Wildman–Crippen LogP) is 6.11. The van der Waals surface area contributed by atoms with Crippen LogP contribution in [0.25, 0.3) is 5.57 Å². The Labute approximate surface area is 191 Å². The fraction of sp³-hybridized carbons (Fsp3) is 0.154. The largest absolute Gasteiger partial charge is 0.350 e. The molecule has 0 aliphatic carbocycles. The molecule has 0 spiro atoms. The topological polar surface area (TPSA) is 49.4 Å². The molecule has 32 heavy (non-hydrogen) atoms. The maximum atomic E-state index is 13.7. The van der Waals surface area contributed by atoms with Gasteiger partial charge in [-0.15, -0.1) is 0 Å². The zero-order valence-electron chi connectivity index (χ0n) is 18.2. The summed E-state index contributed by atoms with van der Waals surface area (Å²) < 4.78 is 13.7. The van der Waals surface area contributed by atoms with Gasteiger partial charge in [-0.3, -0.25) is 9.59 Å². The molecule has 1 N–H and O–H groups in total. The zero-order chi connectivity index (χ0) is 23.2. The summed E-state index contributed by atoms with van der Waals surface area (Å²) in [5.74, 6) is -1.63. The highest BCUT2D eigenvalue weighted by atomic mass is 35.5. The normalized spacial score (nSPS) is 13.9. The number of hydrogen-bond donors (Lipinski definition) is 1. The van der Waals surface area contributed by atoms with Gasteiger partial charge in [0.1, 0.15) is 11.5 Å². The van der Waals surface area contributed by atoms with Crippen LogP contribution in [0.15, 0.2) is 60.3 Å². The molecule has 162 valence electrons. The number of imide groups is 1. The van der Waals surface area contributed by atoms with Gasteiger partial charge < -0.3 is 5.32 Å². The van der Waals surface area contributed by atoms with E-state index < -0.39 is 17.6 Å². The van der Waals surface area contributed by atoms with E-state index in [1.165, 1.54) is 12.1 Å². The minimum Gasteiger partial charge on any atom is -0.350 e. The van der Waals surface area contributed by atoms with Gasteiger partial charge in [-0.25, -0.2) is 9.29 Å². The van der Waals surface area contributed by atoms with Crippen LogP contribution in [0.3, 0.4) is 0 Å². The summed E-state index contributed by atoms with van der Waals surface area (Å²) in [5, 5.41) is 3.05. The number of rotatable bonds is 4. The molecule has 4 nitrogen and oxygen atoms in total. The van der Waals surface area contributed by atoms with Crippen LogP contribution in [-0.4, -0.2) is 11.8 Å². The van der Waals surface area contributed by atoms with E-state index in [0.29, 0.717) is 5.56 Å². The number of aryl methyl sites for hydroxylation is 4. The van der Waals surface area contributed by atoms with Crippen LogP contribution < -0.4 is 10.2 Å². The highest BCUT2D eigenvalue weighted by Crippen LogP contribution is 2.36. The molecule has 0 radical (unpaired) electrons. The zero-order valence-corrected chi connectivity index (χ0v) is 19.0. The number of nitrogens with one attached hydrogen (secondary N) is 1. The Morgan fingerprint density at radius 2 is 1.50 bits per heavy atom. The minimum absolute atomic E-state index is 0.160. The minimum atomic E-state index is -0.620. The molecule has 0 saturated heterocycles. The van der Waals surface area contributed by atoms with Crippen LogP contribution in [0.5, 0.6) is 0 Å². The summed E-state index contributed by atoms with van der Waals surface area (Å²) in [5.41, 5.74) is 5.95. The lowest BCUT2D eigenvalue weighted by atomic mass is 9.97. The molecule has 3 aromatic carbocycles. The molecular weight excluding hydrogens is 427 g/mol. The Bertz CT molecular complexity index is 1310. The Morgan fingerprint density at radius 3 is 2.19 bits per heavy atom. The third-order valence-electron chi connectivity index (χ3n) is 5.55. The Hall–Kier alpha value is -3.44. The summed E-state index contributed by atoms with van der Waals surface area (Å²) in [6, 6.07) is 15.4. The van der Waals surface area contributed by atoms with Crippen LogP contribution in [0.1, 0.15) is 27.8 Å². The second-order valence-corrected chi connectivity index (χ2v) is 8.46. The van der Waals surface area contributed by atoms with E-state index in [1.54, 1.807) is 0 Å². The number of amides is 2. The number of benzene rings is 3. The van der Waals surface area contributed by atoms with Crippen molar-refractivity contribution < 1.29 is 14.0 Å². The standard InChI is InChI=1S/C26H22ClFN2O2/c1-14-6-9-19(17(4)11-14)23-24(29-22-12-15(2)5-7-16(22)3)26(32)30(25(23)31)18-8-10-21(28)20(27)13-18/h5-13,29H,1-4H3. The van der Waals surface area contributed by atoms with Crippen LogP contribution in [0.4, 0.5) is 15.8 Å². The second-order valence-electron chi connectivity index (χ2n) is 8.06. The Morgan fingerprint density at radius 1 is 0.812 bits per heavy atom. The van der Waals surface area contributed by atoms with E-state index in [4.69, 9.17) is 11.6 Å². The SMILES string of the molecule is Cc1ccc(C2=C(Nc3cc(C)ccc3C)C(=O)N(c3ccc(F)c(Cl)c3)C2=O)c(C)c1. The monoisotopic (exact) mass is 448 g/mol. The van der Waals surface area contributed by atoms with Gasteiger partial charge in [0.2, 0.25) is 0 Å². The maximum Gasteiger partial charge on any atom is 0.282 e. The van der Waals surface area contributed by atoms with Crippen molar-refractivity contribution in [3.63, 3.8) is 0 Å². The first-order chi connectivity index (χ1) is 15.2. The van der Waals surface area contributed by atoms with Crippen molar-refractivity contribution in [3.05, 3.63) is 99.0 Å². The van der Waals surface area contributed by atoms with Gasteiger partial charge in [0.05, 0.1) is 16.3 Å². The van der Waals surface area contributed by atoms with E-state index in [2.05, 4.69) is 5.32 Å². The van der Waals surface area contributed by atoms with Crippen LogP contribution in [0, 0.1) is 33.5 Å². The van der Waals surface area contributed by atoms with Gasteiger partial charge in [0.15, 0.2) is 0 Å². The number of carbonyl (C=O) groups excluding carboxylic acids is 2. The number of carbonyl (C=O) groups is 2. The van der Waals surface area contributed by atoms with Crippen molar-refractivity contribution in [3.8, 4) is 0 Å². The Kier molecular flexibility index (Phi) is 5.61. The van der Waals surface area contributed by atoms with Crippen molar-refractivity contribution >= 4 is 40.4 Å². The third-order valence-corrected chi connectivity index (χ3v) is 5.84.